The molecule has 2 saturated carbocycles. The molecule has 4 unspecified atom stereocenters. The average molecular weight is 1000 g/mol. The highest BCUT2D eigenvalue weighted by atomic mass is 79.9. The van der Waals surface area contributed by atoms with Crippen molar-refractivity contribution in [3.63, 3.8) is 0 Å². The first-order chi connectivity index (χ1) is 30.2. The van der Waals surface area contributed by atoms with Crippen LogP contribution in [0.1, 0.15) is 42.6 Å². The molecule has 2 aliphatic carbocycles. The number of hydrogen-bond donors (Lipinski definition) is 1. The van der Waals surface area contributed by atoms with E-state index in [0.717, 1.165) is 60.9 Å². The van der Waals surface area contributed by atoms with Crippen molar-refractivity contribution in [2.45, 2.75) is 52.0 Å². The first-order valence-electron chi connectivity index (χ1n) is 20.8. The molecule has 20 heteroatoms. The summed E-state index contributed by atoms with van der Waals surface area (Å²) < 4.78 is 15.3. The second kappa shape index (κ2) is 19.8. The van der Waals surface area contributed by atoms with E-state index in [1.54, 1.807) is 40.9 Å². The SMILES string of the molecule is Cc1cc(Cl)cc(Oc2nc(Br)nn2C)c1.Cc1cc(Cl)cc(Oc2nc(CC3C4CCC3CN(c3cnnc(Cl)c3)C4)nn2C)c1.NC1C2CCC1CN(c1cnnc(Cl)c1)C2. The molecule has 4 atom stereocenters. The Kier molecular flexibility index (Phi) is 14.2. The van der Waals surface area contributed by atoms with Crippen LogP contribution in [-0.4, -0.2) is 82.1 Å². The molecule has 2 saturated heterocycles. The Morgan fingerprint density at radius 3 is 1.56 bits per heavy atom. The third kappa shape index (κ3) is 11.3. The molecule has 4 aliphatic rings. The Morgan fingerprint density at radius 2 is 1.10 bits per heavy atom. The van der Waals surface area contributed by atoms with Gasteiger partial charge in [0.05, 0.1) is 23.8 Å². The molecule has 15 nitrogen and oxygen atoms in total. The first-order valence-corrected chi connectivity index (χ1v) is 23.1. The zero-order valence-electron chi connectivity index (χ0n) is 35.3. The molecular weight excluding hydrogens is 952 g/mol. The lowest BCUT2D eigenvalue weighted by Crippen LogP contribution is -2.48. The minimum atomic E-state index is 0.390. The van der Waals surface area contributed by atoms with E-state index in [1.807, 2.05) is 57.3 Å². The lowest BCUT2D eigenvalue weighted by Gasteiger charge is -2.38. The van der Waals surface area contributed by atoms with Crippen molar-refractivity contribution >= 4 is 73.7 Å². The van der Waals surface area contributed by atoms with Gasteiger partial charge in [-0.2, -0.15) is 25.3 Å². The minimum absolute atomic E-state index is 0.390. The van der Waals surface area contributed by atoms with Crippen molar-refractivity contribution in [3.8, 4) is 23.5 Å². The summed E-state index contributed by atoms with van der Waals surface area (Å²) in [5.74, 6) is 5.20. The molecule has 0 radical (unpaired) electrons. The quantitative estimate of drug-likeness (QED) is 0.154. The fourth-order valence-electron chi connectivity index (χ4n) is 9.33. The molecule has 2 N–H and O–H groups in total. The number of piperidine rings is 2. The first kappa shape index (κ1) is 45.3. The van der Waals surface area contributed by atoms with E-state index in [9.17, 15) is 0 Å². The number of ether oxygens (including phenoxy) is 2. The number of nitrogens with two attached hydrogens (primary N) is 1. The molecule has 4 aromatic heterocycles. The smallest absolute Gasteiger partial charge is 0.321 e. The summed E-state index contributed by atoms with van der Waals surface area (Å²) in [6, 6.07) is 16.2. The normalized spacial score (nSPS) is 22.3. The Hall–Kier alpha value is -4.32. The Labute approximate surface area is 394 Å². The molecule has 4 bridgehead atoms. The maximum Gasteiger partial charge on any atom is 0.321 e. The highest BCUT2D eigenvalue weighted by Crippen LogP contribution is 2.45. The topological polar surface area (TPSA) is 164 Å². The number of nitrogens with zero attached hydrogens (tertiary/aromatic N) is 12. The van der Waals surface area contributed by atoms with E-state index in [2.05, 4.69) is 66.3 Å². The van der Waals surface area contributed by atoms with E-state index in [1.165, 1.54) is 25.7 Å². The van der Waals surface area contributed by atoms with Crippen LogP contribution in [0.4, 0.5) is 11.4 Å². The van der Waals surface area contributed by atoms with Crippen LogP contribution in [-0.2, 0) is 20.5 Å². The molecule has 6 heterocycles. The molecule has 2 aliphatic heterocycles. The number of anilines is 2. The summed E-state index contributed by atoms with van der Waals surface area (Å²) in [5.41, 5.74) is 10.4. The Bertz CT molecular complexity index is 2480. The predicted molar refractivity (Wildman–Crippen MR) is 248 cm³/mol. The minimum Gasteiger partial charge on any atom is -0.424 e. The van der Waals surface area contributed by atoms with Crippen LogP contribution < -0.4 is 25.0 Å². The van der Waals surface area contributed by atoms with Gasteiger partial charge >= 0.3 is 12.0 Å². The van der Waals surface area contributed by atoms with Crippen molar-refractivity contribution < 1.29 is 9.47 Å². The van der Waals surface area contributed by atoms with E-state index >= 15 is 0 Å². The standard InChI is InChI=1S/C22H24Cl2N6O.C11H15ClN4.C10H9BrClN3O/c1-13-5-16(23)7-18(6-13)31-22-26-21(28-29(22)2)9-19-14-3-4-15(19)12-30(11-14)17-8-20(24)27-25-10-17;12-10-3-9(4-14-15-10)16-5-7-1-2-8(6-16)11(7)13;1-6-3-7(12)5-8(4-6)16-10-13-9(11)14-15(10)2/h5-8,10,14-15,19H,3-4,9,11-12H2,1-2H3;3-4,7-8,11H,1-2,5-6,13H2;3-5H,1-2H3. The fourth-order valence-corrected chi connectivity index (χ4v) is 10.6. The number of rotatable bonds is 8. The van der Waals surface area contributed by atoms with Crippen LogP contribution in [0, 0.1) is 43.4 Å². The summed E-state index contributed by atoms with van der Waals surface area (Å²) in [6.45, 7) is 7.99. The monoisotopic (exact) mass is 997 g/mol. The molecule has 63 heavy (non-hydrogen) atoms. The zero-order chi connectivity index (χ0) is 44.4. The van der Waals surface area contributed by atoms with Crippen LogP contribution in [0.5, 0.6) is 23.5 Å². The van der Waals surface area contributed by atoms with Gasteiger partial charge in [-0.25, -0.2) is 9.36 Å². The Balaban J connectivity index is 0.000000143. The second-order valence-corrected chi connectivity index (χ2v) is 19.1. The van der Waals surface area contributed by atoms with E-state index in [4.69, 9.17) is 61.6 Å². The van der Waals surface area contributed by atoms with Crippen molar-refractivity contribution in [2.24, 2.45) is 49.4 Å². The average Bonchev–Trinajstić information content (AvgIpc) is 3.85. The van der Waals surface area contributed by atoms with Gasteiger partial charge in [-0.3, -0.25) is 0 Å². The summed E-state index contributed by atoms with van der Waals surface area (Å²) in [4.78, 5) is 13.5. The van der Waals surface area contributed by atoms with Gasteiger partial charge in [0, 0.05) is 74.9 Å². The van der Waals surface area contributed by atoms with Gasteiger partial charge in [-0.15, -0.1) is 15.3 Å². The second-order valence-electron chi connectivity index (χ2n) is 16.8. The maximum atomic E-state index is 6.17. The van der Waals surface area contributed by atoms with Gasteiger partial charge in [-0.05, 0) is 133 Å². The van der Waals surface area contributed by atoms with Gasteiger partial charge in [-0.1, -0.05) is 46.4 Å². The maximum absolute atomic E-state index is 6.17. The third-order valence-corrected chi connectivity index (χ3v) is 13.4. The molecule has 332 valence electrons. The Morgan fingerprint density at radius 1 is 0.635 bits per heavy atom. The van der Waals surface area contributed by atoms with Gasteiger partial charge in [0.1, 0.15) is 11.5 Å². The van der Waals surface area contributed by atoms with Crippen LogP contribution in [0.25, 0.3) is 0 Å². The fraction of sp³-hybridized carbons (Fsp3) is 0.442. The molecular formula is C43H48BrCl4N13O2. The van der Waals surface area contributed by atoms with Gasteiger partial charge in [0.2, 0.25) is 4.73 Å². The lowest BCUT2D eigenvalue weighted by atomic mass is 9.82. The van der Waals surface area contributed by atoms with Gasteiger partial charge in [0.15, 0.2) is 16.1 Å². The molecule has 0 spiro atoms. The van der Waals surface area contributed by atoms with Gasteiger partial charge < -0.3 is 25.0 Å². The van der Waals surface area contributed by atoms with Crippen LogP contribution in [0.2, 0.25) is 20.4 Å². The van der Waals surface area contributed by atoms with Crippen LogP contribution in [0.15, 0.2) is 65.7 Å². The lowest BCUT2D eigenvalue weighted by molar-refractivity contribution is 0.265. The summed E-state index contributed by atoms with van der Waals surface area (Å²) >= 11 is 27.2. The van der Waals surface area contributed by atoms with Gasteiger partial charge in [0.25, 0.3) is 0 Å². The van der Waals surface area contributed by atoms with Crippen LogP contribution >= 0.6 is 62.3 Å². The largest absolute Gasteiger partial charge is 0.424 e. The van der Waals surface area contributed by atoms with Crippen molar-refractivity contribution in [1.29, 1.82) is 0 Å². The predicted octanol–water partition coefficient (Wildman–Crippen LogP) is 9.35. The molecule has 0 amide bonds. The molecule has 4 fully saturated rings. The van der Waals surface area contributed by atoms with Crippen LogP contribution in [0.3, 0.4) is 0 Å². The molecule has 6 aromatic rings. The summed E-state index contributed by atoms with van der Waals surface area (Å²) in [5, 5.41) is 26.3. The number of fused-ring (bicyclic) bond motifs is 4. The third-order valence-electron chi connectivity index (χ3n) is 12.2. The van der Waals surface area contributed by atoms with Crippen molar-refractivity contribution in [1.82, 2.24) is 49.9 Å². The highest BCUT2D eigenvalue weighted by Gasteiger charge is 2.43. The molecule has 2 aromatic carbocycles. The number of aryl methyl sites for hydroxylation is 4. The summed E-state index contributed by atoms with van der Waals surface area (Å²) in [7, 11) is 3.62. The van der Waals surface area contributed by atoms with Crippen molar-refractivity contribution in [2.75, 3.05) is 36.0 Å². The highest BCUT2D eigenvalue weighted by molar-refractivity contribution is 9.10. The number of hydrogen-bond acceptors (Lipinski definition) is 13. The van der Waals surface area contributed by atoms with E-state index in [-0.39, 0.29) is 0 Å². The number of benzene rings is 2. The zero-order valence-corrected chi connectivity index (χ0v) is 39.9. The van der Waals surface area contributed by atoms with Crippen molar-refractivity contribution in [3.05, 3.63) is 103 Å². The van der Waals surface area contributed by atoms with E-state index < -0.39 is 0 Å². The number of halogens is 5. The number of aromatic nitrogens is 10. The summed E-state index contributed by atoms with van der Waals surface area (Å²) in [6.07, 6.45) is 9.43. The molecule has 10 rings (SSSR count). The van der Waals surface area contributed by atoms with E-state index in [0.29, 0.717) is 84.2 Å².